The summed E-state index contributed by atoms with van der Waals surface area (Å²) < 4.78 is 1.92. The van der Waals surface area contributed by atoms with Crippen molar-refractivity contribution in [1.29, 1.82) is 0 Å². The maximum absolute atomic E-state index is 12.7. The van der Waals surface area contributed by atoms with Gasteiger partial charge in [-0.15, -0.1) is 0 Å². The van der Waals surface area contributed by atoms with Crippen molar-refractivity contribution < 1.29 is 14.4 Å². The van der Waals surface area contributed by atoms with E-state index >= 15 is 0 Å². The maximum atomic E-state index is 12.7. The molecular formula is C21H21N5O3. The van der Waals surface area contributed by atoms with Gasteiger partial charge in [-0.2, -0.15) is 0 Å². The molecule has 3 aromatic rings. The molecule has 1 aromatic heterocycles. The quantitative estimate of drug-likeness (QED) is 0.699. The highest BCUT2D eigenvalue weighted by atomic mass is 16.2. The van der Waals surface area contributed by atoms with Crippen molar-refractivity contribution in [2.24, 2.45) is 0 Å². The fourth-order valence-corrected chi connectivity index (χ4v) is 3.49. The van der Waals surface area contributed by atoms with Gasteiger partial charge in [-0.1, -0.05) is 24.3 Å². The van der Waals surface area contributed by atoms with Crippen LogP contribution in [0.5, 0.6) is 0 Å². The molecule has 1 aliphatic rings. The largest absolute Gasteiger partial charge is 0.323 e. The number of para-hydroxylation sites is 4. The summed E-state index contributed by atoms with van der Waals surface area (Å²) >= 11 is 0. The molecular weight excluding hydrogens is 370 g/mol. The molecule has 3 amide bonds. The van der Waals surface area contributed by atoms with Crippen molar-refractivity contribution in [3.8, 4) is 0 Å². The van der Waals surface area contributed by atoms with Gasteiger partial charge in [0.05, 0.1) is 22.4 Å². The fraction of sp³-hybridized carbons (Fsp3) is 0.238. The highest BCUT2D eigenvalue weighted by molar-refractivity contribution is 6.10. The van der Waals surface area contributed by atoms with Gasteiger partial charge in [0.2, 0.25) is 23.7 Å². The van der Waals surface area contributed by atoms with Crippen molar-refractivity contribution in [2.75, 3.05) is 22.1 Å². The lowest BCUT2D eigenvalue weighted by atomic mass is 10.1. The molecule has 0 unspecified atom stereocenters. The van der Waals surface area contributed by atoms with Crippen LogP contribution >= 0.6 is 0 Å². The average Bonchev–Trinajstić information content (AvgIpc) is 3.08. The minimum atomic E-state index is -0.293. The van der Waals surface area contributed by atoms with Gasteiger partial charge in [0.25, 0.3) is 0 Å². The van der Waals surface area contributed by atoms with Crippen LogP contribution in [0.15, 0.2) is 48.5 Å². The summed E-state index contributed by atoms with van der Waals surface area (Å²) in [6.45, 7) is 2.59. The van der Waals surface area contributed by atoms with E-state index in [0.29, 0.717) is 23.9 Å². The monoisotopic (exact) mass is 391 g/mol. The molecule has 0 saturated heterocycles. The van der Waals surface area contributed by atoms with Gasteiger partial charge in [0.1, 0.15) is 6.54 Å². The zero-order valence-corrected chi connectivity index (χ0v) is 16.0. The molecule has 0 spiro atoms. The minimum absolute atomic E-state index is 0.000197. The number of aryl methyl sites for hydroxylation is 1. The number of benzene rings is 2. The Hall–Kier alpha value is -3.68. The highest BCUT2D eigenvalue weighted by Gasteiger charge is 2.26. The number of carbonyl (C=O) groups is 3. The Morgan fingerprint density at radius 1 is 1.10 bits per heavy atom. The van der Waals surface area contributed by atoms with Crippen molar-refractivity contribution in [3.05, 3.63) is 48.5 Å². The Kier molecular flexibility index (Phi) is 4.99. The number of nitrogens with one attached hydrogen (secondary N) is 2. The second-order valence-electron chi connectivity index (χ2n) is 6.76. The fourth-order valence-electron chi connectivity index (χ4n) is 3.49. The smallest absolute Gasteiger partial charge is 0.244 e. The summed E-state index contributed by atoms with van der Waals surface area (Å²) in [4.78, 5) is 42.9. The molecule has 148 valence electrons. The molecule has 0 saturated carbocycles. The van der Waals surface area contributed by atoms with Gasteiger partial charge >= 0.3 is 0 Å². The number of rotatable bonds is 5. The van der Waals surface area contributed by atoms with Crippen molar-refractivity contribution >= 4 is 46.1 Å². The minimum Gasteiger partial charge on any atom is -0.323 e. The van der Waals surface area contributed by atoms with Crippen molar-refractivity contribution in [3.63, 3.8) is 0 Å². The second-order valence-corrected chi connectivity index (χ2v) is 6.76. The summed E-state index contributed by atoms with van der Waals surface area (Å²) in [5.74, 6) is -0.350. The molecule has 2 aromatic carbocycles. The Bertz CT molecular complexity index is 1100. The van der Waals surface area contributed by atoms with E-state index in [1.54, 1.807) is 24.3 Å². The van der Waals surface area contributed by atoms with Crippen LogP contribution in [0.25, 0.3) is 11.0 Å². The lowest BCUT2D eigenvalue weighted by Gasteiger charge is -2.29. The van der Waals surface area contributed by atoms with Crippen LogP contribution in [-0.4, -0.2) is 33.8 Å². The molecule has 8 nitrogen and oxygen atoms in total. The Balaban J connectivity index is 1.43. The van der Waals surface area contributed by atoms with E-state index in [0.717, 1.165) is 11.0 Å². The normalized spacial score (nSPS) is 13.1. The van der Waals surface area contributed by atoms with Gasteiger partial charge in [-0.05, 0) is 31.2 Å². The van der Waals surface area contributed by atoms with Gasteiger partial charge < -0.3 is 14.8 Å². The van der Waals surface area contributed by atoms with E-state index in [1.165, 1.54) is 4.90 Å². The summed E-state index contributed by atoms with van der Waals surface area (Å²) in [5, 5.41) is 5.54. The van der Waals surface area contributed by atoms with E-state index < -0.39 is 0 Å². The van der Waals surface area contributed by atoms with Crippen LogP contribution in [0.2, 0.25) is 0 Å². The van der Waals surface area contributed by atoms with Gasteiger partial charge in [-0.25, -0.2) is 4.98 Å². The second kappa shape index (κ2) is 7.75. The Morgan fingerprint density at radius 3 is 2.69 bits per heavy atom. The van der Waals surface area contributed by atoms with E-state index in [1.807, 2.05) is 35.8 Å². The number of aromatic nitrogens is 2. The molecule has 1 aliphatic heterocycles. The molecule has 29 heavy (non-hydrogen) atoms. The van der Waals surface area contributed by atoms with E-state index in [-0.39, 0.29) is 37.1 Å². The molecule has 0 aliphatic carbocycles. The first-order valence-electron chi connectivity index (χ1n) is 9.51. The lowest BCUT2D eigenvalue weighted by Crippen LogP contribution is -2.42. The first-order chi connectivity index (χ1) is 14.1. The van der Waals surface area contributed by atoms with Gasteiger partial charge in [-0.3, -0.25) is 19.7 Å². The third kappa shape index (κ3) is 3.69. The third-order valence-corrected chi connectivity index (χ3v) is 4.86. The Morgan fingerprint density at radius 2 is 1.86 bits per heavy atom. The molecule has 0 fully saturated rings. The zero-order chi connectivity index (χ0) is 20.4. The summed E-state index contributed by atoms with van der Waals surface area (Å²) in [7, 11) is 0. The summed E-state index contributed by atoms with van der Waals surface area (Å²) in [6, 6.07) is 14.8. The molecule has 2 N–H and O–H groups in total. The average molecular weight is 391 g/mol. The SMILES string of the molecule is CCn1c(NC(=O)CCC(=O)N2CC(=O)Nc3ccccc32)nc2ccccc21. The third-order valence-electron chi connectivity index (χ3n) is 4.86. The zero-order valence-electron chi connectivity index (χ0n) is 16.0. The first kappa shape index (κ1) is 18.7. The Labute approximate surface area is 167 Å². The van der Waals surface area contributed by atoms with E-state index in [9.17, 15) is 14.4 Å². The number of nitrogens with zero attached hydrogens (tertiary/aromatic N) is 3. The first-order valence-corrected chi connectivity index (χ1v) is 9.51. The van der Waals surface area contributed by atoms with E-state index in [2.05, 4.69) is 15.6 Å². The molecule has 0 radical (unpaired) electrons. The molecule has 2 heterocycles. The number of amides is 3. The molecule has 4 rings (SSSR count). The van der Waals surface area contributed by atoms with Crippen LogP contribution < -0.4 is 15.5 Å². The highest BCUT2D eigenvalue weighted by Crippen LogP contribution is 2.29. The molecule has 0 bridgehead atoms. The van der Waals surface area contributed by atoms with E-state index in [4.69, 9.17) is 0 Å². The number of carbonyl (C=O) groups excluding carboxylic acids is 3. The predicted octanol–water partition coefficient (Wildman–Crippen LogP) is 2.76. The summed E-state index contributed by atoms with van der Waals surface area (Å²) in [5.41, 5.74) is 2.98. The van der Waals surface area contributed by atoms with Gasteiger partial charge in [0, 0.05) is 19.4 Å². The number of hydrogen-bond acceptors (Lipinski definition) is 4. The van der Waals surface area contributed by atoms with Crippen LogP contribution in [0.3, 0.4) is 0 Å². The van der Waals surface area contributed by atoms with Crippen molar-refractivity contribution in [1.82, 2.24) is 9.55 Å². The number of anilines is 3. The van der Waals surface area contributed by atoms with Crippen LogP contribution in [0, 0.1) is 0 Å². The standard InChI is InChI=1S/C21H21N5O3/c1-2-25-16-9-5-4-8-15(16)23-21(25)24-18(27)11-12-20(29)26-13-19(28)22-14-7-3-6-10-17(14)26/h3-10H,2,11-13H2,1H3,(H,22,28)(H,23,24,27). The molecule has 8 heteroatoms. The maximum Gasteiger partial charge on any atom is 0.244 e. The number of fused-ring (bicyclic) bond motifs is 2. The van der Waals surface area contributed by atoms with Crippen LogP contribution in [0.4, 0.5) is 17.3 Å². The molecule has 0 atom stereocenters. The van der Waals surface area contributed by atoms with Crippen molar-refractivity contribution in [2.45, 2.75) is 26.3 Å². The van der Waals surface area contributed by atoms with Crippen LogP contribution in [0.1, 0.15) is 19.8 Å². The predicted molar refractivity (Wildman–Crippen MR) is 111 cm³/mol. The number of imidazole rings is 1. The summed E-state index contributed by atoms with van der Waals surface area (Å²) in [6.07, 6.45) is 0.00579. The topological polar surface area (TPSA) is 96.3 Å². The number of hydrogen-bond donors (Lipinski definition) is 2. The van der Waals surface area contributed by atoms with Crippen LogP contribution in [-0.2, 0) is 20.9 Å². The van der Waals surface area contributed by atoms with Gasteiger partial charge in [0.15, 0.2) is 0 Å². The lowest BCUT2D eigenvalue weighted by molar-refractivity contribution is -0.124.